The molecule has 1 aromatic rings. The summed E-state index contributed by atoms with van der Waals surface area (Å²) < 4.78 is 0. The van der Waals surface area contributed by atoms with Gasteiger partial charge in [0.15, 0.2) is 0 Å². The quantitative estimate of drug-likeness (QED) is 0.883. The third-order valence-corrected chi connectivity index (χ3v) is 4.66. The molecular formula is C16H26ClN5O. The van der Waals surface area contributed by atoms with Crippen LogP contribution in [-0.4, -0.2) is 60.0 Å². The lowest BCUT2D eigenvalue weighted by molar-refractivity contribution is -0.128. The van der Waals surface area contributed by atoms with Gasteiger partial charge in [0, 0.05) is 45.2 Å². The highest BCUT2D eigenvalue weighted by Gasteiger charge is 2.20. The second kappa shape index (κ2) is 8.45. The molecule has 2 saturated heterocycles. The highest BCUT2D eigenvalue weighted by Crippen LogP contribution is 2.24. The maximum Gasteiger partial charge on any atom is 0.219 e. The summed E-state index contributed by atoms with van der Waals surface area (Å²) in [6.45, 7) is 7.16. The van der Waals surface area contributed by atoms with Crippen molar-refractivity contribution in [2.75, 3.05) is 44.2 Å². The molecule has 6 nitrogen and oxygen atoms in total. The van der Waals surface area contributed by atoms with E-state index in [0.29, 0.717) is 5.92 Å². The minimum atomic E-state index is 0. The lowest BCUT2D eigenvalue weighted by Gasteiger charge is -2.25. The normalized spacial score (nSPS) is 19.9. The second-order valence-electron chi connectivity index (χ2n) is 6.17. The standard InChI is InChI=1S/C16H25N5O.ClH/c1-13(22)20-7-2-8-21(10-9-20)16-12-18-11-15(19-16)14-3-5-17-6-4-14;/h11-12,14,17H,2-10H2,1H3;1H. The highest BCUT2D eigenvalue weighted by atomic mass is 35.5. The minimum absolute atomic E-state index is 0. The Kier molecular flexibility index (Phi) is 6.59. The summed E-state index contributed by atoms with van der Waals surface area (Å²) >= 11 is 0. The van der Waals surface area contributed by atoms with E-state index in [4.69, 9.17) is 4.98 Å². The van der Waals surface area contributed by atoms with E-state index in [1.54, 1.807) is 6.92 Å². The number of nitrogens with zero attached hydrogens (tertiary/aromatic N) is 4. The van der Waals surface area contributed by atoms with Gasteiger partial charge >= 0.3 is 0 Å². The van der Waals surface area contributed by atoms with Gasteiger partial charge in [0.2, 0.25) is 5.91 Å². The SMILES string of the molecule is CC(=O)N1CCCN(c2cncc(C3CCNCC3)n2)CC1.Cl. The summed E-state index contributed by atoms with van der Waals surface area (Å²) in [5, 5.41) is 3.39. The number of anilines is 1. The molecule has 0 spiro atoms. The molecule has 0 aliphatic carbocycles. The Morgan fingerprint density at radius 2 is 1.96 bits per heavy atom. The third-order valence-electron chi connectivity index (χ3n) is 4.66. The summed E-state index contributed by atoms with van der Waals surface area (Å²) in [5.74, 6) is 1.65. The predicted octanol–water partition coefficient (Wildman–Crippen LogP) is 1.42. The van der Waals surface area contributed by atoms with Crippen LogP contribution in [0.4, 0.5) is 5.82 Å². The molecule has 0 bridgehead atoms. The fraction of sp³-hybridized carbons (Fsp3) is 0.688. The van der Waals surface area contributed by atoms with E-state index in [1.807, 2.05) is 17.3 Å². The molecule has 2 aliphatic rings. The molecule has 1 amide bonds. The molecule has 0 unspecified atom stereocenters. The van der Waals surface area contributed by atoms with Crippen molar-refractivity contribution in [2.24, 2.45) is 0 Å². The van der Waals surface area contributed by atoms with Crippen LogP contribution in [0.2, 0.25) is 0 Å². The summed E-state index contributed by atoms with van der Waals surface area (Å²) in [5.41, 5.74) is 1.12. The summed E-state index contributed by atoms with van der Waals surface area (Å²) in [6.07, 6.45) is 7.03. The maximum absolute atomic E-state index is 11.5. The van der Waals surface area contributed by atoms with Gasteiger partial charge in [-0.15, -0.1) is 12.4 Å². The lowest BCUT2D eigenvalue weighted by Crippen LogP contribution is -2.34. The number of piperidine rings is 1. The average molecular weight is 340 g/mol. The molecule has 0 atom stereocenters. The largest absolute Gasteiger partial charge is 0.353 e. The lowest BCUT2D eigenvalue weighted by atomic mass is 9.95. The van der Waals surface area contributed by atoms with Crippen LogP contribution in [0.15, 0.2) is 12.4 Å². The predicted molar refractivity (Wildman–Crippen MR) is 93.2 cm³/mol. The molecule has 128 valence electrons. The van der Waals surface area contributed by atoms with Crippen LogP contribution < -0.4 is 10.2 Å². The topological polar surface area (TPSA) is 61.4 Å². The van der Waals surface area contributed by atoms with Crippen LogP contribution in [0.3, 0.4) is 0 Å². The Bertz CT molecular complexity index is 521. The number of hydrogen-bond donors (Lipinski definition) is 1. The zero-order valence-electron chi connectivity index (χ0n) is 13.7. The van der Waals surface area contributed by atoms with Crippen molar-refractivity contribution in [3.8, 4) is 0 Å². The molecule has 0 aromatic carbocycles. The fourth-order valence-corrected chi connectivity index (χ4v) is 3.30. The average Bonchev–Trinajstić information content (AvgIpc) is 2.82. The first kappa shape index (κ1) is 17.9. The van der Waals surface area contributed by atoms with E-state index in [0.717, 1.165) is 70.0 Å². The van der Waals surface area contributed by atoms with Crippen LogP contribution in [-0.2, 0) is 4.79 Å². The van der Waals surface area contributed by atoms with Crippen LogP contribution >= 0.6 is 12.4 Å². The molecule has 2 aliphatic heterocycles. The third kappa shape index (κ3) is 4.54. The van der Waals surface area contributed by atoms with Gasteiger partial charge in [0.05, 0.1) is 11.9 Å². The van der Waals surface area contributed by atoms with Crippen LogP contribution in [0, 0.1) is 0 Å². The molecule has 1 aromatic heterocycles. The molecule has 23 heavy (non-hydrogen) atoms. The van der Waals surface area contributed by atoms with Crippen molar-refractivity contribution in [3.63, 3.8) is 0 Å². The Morgan fingerprint density at radius 3 is 2.70 bits per heavy atom. The molecular weight excluding hydrogens is 314 g/mol. The van der Waals surface area contributed by atoms with Crippen molar-refractivity contribution < 1.29 is 4.79 Å². The number of carbonyl (C=O) groups excluding carboxylic acids is 1. The van der Waals surface area contributed by atoms with E-state index < -0.39 is 0 Å². The number of halogens is 1. The molecule has 0 radical (unpaired) electrons. The minimum Gasteiger partial charge on any atom is -0.353 e. The van der Waals surface area contributed by atoms with Crippen LogP contribution in [0.5, 0.6) is 0 Å². The molecule has 7 heteroatoms. The van der Waals surface area contributed by atoms with Gasteiger partial charge in [-0.1, -0.05) is 0 Å². The number of carbonyl (C=O) groups is 1. The Hall–Kier alpha value is -1.40. The first-order valence-electron chi connectivity index (χ1n) is 8.27. The summed E-state index contributed by atoms with van der Waals surface area (Å²) in [4.78, 5) is 25.0. The van der Waals surface area contributed by atoms with Crippen LogP contribution in [0.1, 0.15) is 37.8 Å². The molecule has 3 rings (SSSR count). The van der Waals surface area contributed by atoms with Gasteiger partial charge in [0.1, 0.15) is 5.82 Å². The van der Waals surface area contributed by atoms with E-state index in [-0.39, 0.29) is 18.3 Å². The van der Waals surface area contributed by atoms with Crippen LogP contribution in [0.25, 0.3) is 0 Å². The van der Waals surface area contributed by atoms with E-state index in [1.165, 1.54) is 0 Å². The maximum atomic E-state index is 11.5. The zero-order valence-corrected chi connectivity index (χ0v) is 14.5. The zero-order chi connectivity index (χ0) is 15.4. The smallest absolute Gasteiger partial charge is 0.219 e. The number of rotatable bonds is 2. The van der Waals surface area contributed by atoms with Crippen molar-refractivity contribution in [1.29, 1.82) is 0 Å². The van der Waals surface area contributed by atoms with Crippen molar-refractivity contribution in [1.82, 2.24) is 20.2 Å². The van der Waals surface area contributed by atoms with Crippen molar-refractivity contribution in [3.05, 3.63) is 18.1 Å². The Balaban J connectivity index is 0.00000192. The second-order valence-corrected chi connectivity index (χ2v) is 6.17. The number of aromatic nitrogens is 2. The Morgan fingerprint density at radius 1 is 1.17 bits per heavy atom. The van der Waals surface area contributed by atoms with Gasteiger partial charge in [-0.25, -0.2) is 4.98 Å². The first-order chi connectivity index (χ1) is 10.7. The summed E-state index contributed by atoms with van der Waals surface area (Å²) in [6, 6.07) is 0. The molecule has 1 N–H and O–H groups in total. The van der Waals surface area contributed by atoms with Gasteiger partial charge in [-0.05, 0) is 32.4 Å². The monoisotopic (exact) mass is 339 g/mol. The Labute approximate surface area is 144 Å². The van der Waals surface area contributed by atoms with E-state index in [2.05, 4.69) is 15.2 Å². The van der Waals surface area contributed by atoms with Gasteiger partial charge in [-0.2, -0.15) is 0 Å². The molecule has 3 heterocycles. The molecule has 2 fully saturated rings. The number of nitrogens with one attached hydrogen (secondary N) is 1. The van der Waals surface area contributed by atoms with Crippen molar-refractivity contribution >= 4 is 24.1 Å². The van der Waals surface area contributed by atoms with Gasteiger partial charge in [-0.3, -0.25) is 9.78 Å². The fourth-order valence-electron chi connectivity index (χ4n) is 3.30. The number of hydrogen-bond acceptors (Lipinski definition) is 5. The van der Waals surface area contributed by atoms with E-state index >= 15 is 0 Å². The summed E-state index contributed by atoms with van der Waals surface area (Å²) in [7, 11) is 0. The first-order valence-corrected chi connectivity index (χ1v) is 8.27. The number of amides is 1. The highest BCUT2D eigenvalue weighted by molar-refractivity contribution is 5.85. The van der Waals surface area contributed by atoms with E-state index in [9.17, 15) is 4.79 Å². The van der Waals surface area contributed by atoms with Gasteiger partial charge < -0.3 is 15.1 Å². The molecule has 0 saturated carbocycles. The van der Waals surface area contributed by atoms with Crippen molar-refractivity contribution in [2.45, 2.75) is 32.1 Å². The van der Waals surface area contributed by atoms with Gasteiger partial charge in [0.25, 0.3) is 0 Å².